The monoisotopic (exact) mass is 354 g/mol. The molecule has 1 saturated heterocycles. The second kappa shape index (κ2) is 8.82. The van der Waals surface area contributed by atoms with E-state index < -0.39 is 0 Å². The van der Waals surface area contributed by atoms with Crippen LogP contribution in [0, 0.1) is 17.7 Å². The number of piperidine rings is 1. The Labute approximate surface area is 150 Å². The summed E-state index contributed by atoms with van der Waals surface area (Å²) in [5.41, 5.74) is 1.01. The van der Waals surface area contributed by atoms with Crippen molar-refractivity contribution in [3.8, 4) is 0 Å². The van der Waals surface area contributed by atoms with Gasteiger partial charge in [0.2, 0.25) is 5.91 Å². The Morgan fingerprint density at radius 1 is 1.29 bits per heavy atom. The third-order valence-electron chi connectivity index (χ3n) is 5.21. The maximum absolute atomic E-state index is 13.0. The van der Waals surface area contributed by atoms with Gasteiger partial charge in [0.1, 0.15) is 5.82 Å². The standard InChI is InChI=1S/C19H27FN2O.ClH/c1-14(16-3-2-10-21-12-16)11-19(23)22(18-8-9-18)13-15-4-6-17(20)7-5-15;/h4-7,14,16,18,21H,2-3,8-13H2,1H3;1H. The molecule has 1 aromatic carbocycles. The fraction of sp³-hybridized carbons (Fsp3) is 0.632. The van der Waals surface area contributed by atoms with Gasteiger partial charge < -0.3 is 10.2 Å². The molecule has 0 radical (unpaired) electrons. The van der Waals surface area contributed by atoms with Crippen LogP contribution in [0.1, 0.15) is 44.6 Å². The molecule has 3 rings (SSSR count). The Balaban J connectivity index is 0.00000208. The van der Waals surface area contributed by atoms with Gasteiger partial charge in [-0.15, -0.1) is 12.4 Å². The summed E-state index contributed by atoms with van der Waals surface area (Å²) in [5.74, 6) is 1.07. The minimum Gasteiger partial charge on any atom is -0.335 e. The second-order valence-electron chi connectivity index (χ2n) is 7.17. The van der Waals surface area contributed by atoms with Crippen molar-refractivity contribution < 1.29 is 9.18 Å². The number of carbonyl (C=O) groups is 1. The number of rotatable bonds is 6. The van der Waals surface area contributed by atoms with Gasteiger partial charge in [-0.1, -0.05) is 19.1 Å². The fourth-order valence-electron chi connectivity index (χ4n) is 3.52. The van der Waals surface area contributed by atoms with Gasteiger partial charge in [0.05, 0.1) is 0 Å². The first kappa shape index (κ1) is 19.2. The van der Waals surface area contributed by atoms with E-state index in [9.17, 15) is 9.18 Å². The van der Waals surface area contributed by atoms with Crippen LogP contribution in [0.4, 0.5) is 4.39 Å². The van der Waals surface area contributed by atoms with Crippen molar-refractivity contribution in [3.05, 3.63) is 35.6 Å². The minimum atomic E-state index is -0.225. The Morgan fingerprint density at radius 3 is 2.58 bits per heavy atom. The predicted octanol–water partition coefficient (Wildman–Crippen LogP) is 3.76. The first-order chi connectivity index (χ1) is 11.1. The summed E-state index contributed by atoms with van der Waals surface area (Å²) in [6.45, 7) is 4.96. The molecular formula is C19H28ClFN2O. The highest BCUT2D eigenvalue weighted by atomic mass is 35.5. The lowest BCUT2D eigenvalue weighted by Gasteiger charge is -2.30. The molecule has 3 nitrogen and oxygen atoms in total. The van der Waals surface area contributed by atoms with Crippen molar-refractivity contribution in [1.29, 1.82) is 0 Å². The summed E-state index contributed by atoms with van der Waals surface area (Å²) in [6.07, 6.45) is 5.27. The fourth-order valence-corrected chi connectivity index (χ4v) is 3.52. The lowest BCUT2D eigenvalue weighted by molar-refractivity contribution is -0.133. The smallest absolute Gasteiger partial charge is 0.223 e. The summed E-state index contributed by atoms with van der Waals surface area (Å²) >= 11 is 0. The molecule has 1 N–H and O–H groups in total. The van der Waals surface area contributed by atoms with Crippen LogP contribution < -0.4 is 5.32 Å². The van der Waals surface area contributed by atoms with E-state index in [1.165, 1.54) is 25.0 Å². The molecule has 2 aliphatic rings. The van der Waals surface area contributed by atoms with Crippen LogP contribution in [0.5, 0.6) is 0 Å². The SMILES string of the molecule is CC(CC(=O)N(Cc1ccc(F)cc1)C1CC1)C1CCCNC1.Cl. The van der Waals surface area contributed by atoms with Crippen molar-refractivity contribution >= 4 is 18.3 Å². The van der Waals surface area contributed by atoms with Gasteiger partial charge in [-0.3, -0.25) is 4.79 Å². The Bertz CT molecular complexity index is 527. The molecule has 1 aromatic rings. The topological polar surface area (TPSA) is 32.3 Å². The molecule has 1 heterocycles. The van der Waals surface area contributed by atoms with E-state index in [1.54, 1.807) is 12.1 Å². The van der Waals surface area contributed by atoms with Gasteiger partial charge in [-0.05, 0) is 68.3 Å². The molecule has 24 heavy (non-hydrogen) atoms. The number of benzene rings is 1. The molecule has 1 aliphatic carbocycles. The van der Waals surface area contributed by atoms with Gasteiger partial charge in [0.25, 0.3) is 0 Å². The summed E-state index contributed by atoms with van der Waals surface area (Å²) in [6, 6.07) is 6.91. The van der Waals surface area contributed by atoms with Crippen molar-refractivity contribution in [2.24, 2.45) is 11.8 Å². The van der Waals surface area contributed by atoms with E-state index in [0.717, 1.165) is 31.5 Å². The van der Waals surface area contributed by atoms with Gasteiger partial charge in [0, 0.05) is 19.0 Å². The number of hydrogen-bond acceptors (Lipinski definition) is 2. The Hall–Kier alpha value is -1.13. The van der Waals surface area contributed by atoms with Crippen LogP contribution in [0.25, 0.3) is 0 Å². The maximum atomic E-state index is 13.0. The molecule has 134 valence electrons. The van der Waals surface area contributed by atoms with E-state index in [1.807, 2.05) is 4.90 Å². The molecule has 1 amide bonds. The van der Waals surface area contributed by atoms with Gasteiger partial charge >= 0.3 is 0 Å². The summed E-state index contributed by atoms with van der Waals surface area (Å²) in [5, 5.41) is 3.44. The van der Waals surface area contributed by atoms with Crippen molar-refractivity contribution in [3.63, 3.8) is 0 Å². The first-order valence-electron chi connectivity index (χ1n) is 8.88. The zero-order valence-electron chi connectivity index (χ0n) is 14.3. The van der Waals surface area contributed by atoms with Crippen LogP contribution in [0.3, 0.4) is 0 Å². The molecule has 0 bridgehead atoms. The van der Waals surface area contributed by atoms with Crippen molar-refractivity contribution in [2.75, 3.05) is 13.1 Å². The summed E-state index contributed by atoms with van der Waals surface area (Å²) < 4.78 is 13.0. The molecule has 1 saturated carbocycles. The zero-order valence-corrected chi connectivity index (χ0v) is 15.2. The molecule has 1 aliphatic heterocycles. The largest absolute Gasteiger partial charge is 0.335 e. The predicted molar refractivity (Wildman–Crippen MR) is 96.6 cm³/mol. The highest BCUT2D eigenvalue weighted by Crippen LogP contribution is 2.31. The number of hydrogen-bond donors (Lipinski definition) is 1. The van der Waals surface area contributed by atoms with Crippen LogP contribution in [0.2, 0.25) is 0 Å². The normalized spacial score (nSPS) is 21.7. The highest BCUT2D eigenvalue weighted by Gasteiger charge is 2.34. The summed E-state index contributed by atoms with van der Waals surface area (Å²) in [7, 11) is 0. The van der Waals surface area contributed by atoms with Crippen molar-refractivity contribution in [1.82, 2.24) is 10.2 Å². The van der Waals surface area contributed by atoms with E-state index in [-0.39, 0.29) is 24.1 Å². The molecule has 2 atom stereocenters. The first-order valence-corrected chi connectivity index (χ1v) is 8.88. The number of halogens is 2. The molecule has 0 spiro atoms. The van der Waals surface area contributed by atoms with Crippen LogP contribution in [-0.2, 0) is 11.3 Å². The average Bonchev–Trinajstić information content (AvgIpc) is 3.39. The lowest BCUT2D eigenvalue weighted by atomic mass is 9.85. The van der Waals surface area contributed by atoms with Crippen LogP contribution in [0.15, 0.2) is 24.3 Å². The van der Waals surface area contributed by atoms with E-state index >= 15 is 0 Å². The Kier molecular flexibility index (Phi) is 7.05. The van der Waals surface area contributed by atoms with E-state index in [2.05, 4.69) is 12.2 Å². The van der Waals surface area contributed by atoms with Crippen LogP contribution in [-0.4, -0.2) is 29.9 Å². The molecular weight excluding hydrogens is 327 g/mol. The number of nitrogens with one attached hydrogen (secondary N) is 1. The van der Waals surface area contributed by atoms with E-state index in [4.69, 9.17) is 0 Å². The average molecular weight is 355 g/mol. The third kappa shape index (κ3) is 5.18. The van der Waals surface area contributed by atoms with Gasteiger partial charge in [-0.25, -0.2) is 4.39 Å². The van der Waals surface area contributed by atoms with Crippen LogP contribution >= 0.6 is 12.4 Å². The number of carbonyl (C=O) groups excluding carboxylic acids is 1. The number of amides is 1. The Morgan fingerprint density at radius 2 is 2.00 bits per heavy atom. The third-order valence-corrected chi connectivity index (χ3v) is 5.21. The molecule has 5 heteroatoms. The molecule has 0 aromatic heterocycles. The minimum absolute atomic E-state index is 0. The van der Waals surface area contributed by atoms with Crippen molar-refractivity contribution in [2.45, 2.75) is 51.6 Å². The van der Waals surface area contributed by atoms with E-state index in [0.29, 0.717) is 30.8 Å². The quantitative estimate of drug-likeness (QED) is 0.843. The molecule has 2 unspecified atom stereocenters. The molecule has 2 fully saturated rings. The lowest BCUT2D eigenvalue weighted by Crippen LogP contribution is -2.37. The summed E-state index contributed by atoms with van der Waals surface area (Å²) in [4.78, 5) is 14.8. The van der Waals surface area contributed by atoms with Gasteiger partial charge in [0.15, 0.2) is 0 Å². The second-order valence-corrected chi connectivity index (χ2v) is 7.17. The van der Waals surface area contributed by atoms with Gasteiger partial charge in [-0.2, -0.15) is 0 Å². The maximum Gasteiger partial charge on any atom is 0.223 e. The zero-order chi connectivity index (χ0) is 16.2. The number of nitrogens with zero attached hydrogens (tertiary/aromatic N) is 1. The highest BCUT2D eigenvalue weighted by molar-refractivity contribution is 5.85.